The van der Waals surface area contributed by atoms with E-state index >= 15 is 0 Å². The van der Waals surface area contributed by atoms with Crippen molar-refractivity contribution in [2.75, 3.05) is 5.32 Å². The molecule has 0 fully saturated rings. The van der Waals surface area contributed by atoms with Crippen molar-refractivity contribution in [2.45, 2.75) is 39.0 Å². The highest BCUT2D eigenvalue weighted by molar-refractivity contribution is 6.05. The van der Waals surface area contributed by atoms with Crippen molar-refractivity contribution < 1.29 is 19.1 Å². The Morgan fingerprint density at radius 3 is 2.33 bits per heavy atom. The SMILES string of the molecule is CCCCCCc1cc2cc(C(=O)Nc3ccccc3)c(=NNC(=O)c3ccccc3)oc2cc1O. The molecule has 4 aromatic rings. The highest BCUT2D eigenvalue weighted by Crippen LogP contribution is 2.26. The van der Waals surface area contributed by atoms with Gasteiger partial charge in [-0.25, -0.2) is 5.43 Å². The molecule has 7 nitrogen and oxygen atoms in total. The zero-order chi connectivity index (χ0) is 25.3. The van der Waals surface area contributed by atoms with Crippen LogP contribution in [0.4, 0.5) is 5.69 Å². The molecule has 0 saturated carbocycles. The summed E-state index contributed by atoms with van der Waals surface area (Å²) in [6, 6.07) is 22.7. The zero-order valence-electron chi connectivity index (χ0n) is 20.2. The average Bonchev–Trinajstić information content (AvgIpc) is 2.90. The fourth-order valence-corrected chi connectivity index (χ4v) is 3.87. The maximum absolute atomic E-state index is 13.2. The van der Waals surface area contributed by atoms with Gasteiger partial charge in [0.1, 0.15) is 16.9 Å². The molecule has 0 radical (unpaired) electrons. The van der Waals surface area contributed by atoms with Crippen LogP contribution in [0.5, 0.6) is 5.75 Å². The number of hydrogen-bond donors (Lipinski definition) is 3. The number of phenols is 1. The number of aromatic hydroxyl groups is 1. The molecule has 0 aliphatic heterocycles. The molecule has 0 saturated heterocycles. The topological polar surface area (TPSA) is 104 Å². The zero-order valence-corrected chi connectivity index (χ0v) is 20.2. The Morgan fingerprint density at radius 1 is 0.889 bits per heavy atom. The van der Waals surface area contributed by atoms with Gasteiger partial charge in [-0.15, -0.1) is 5.10 Å². The number of anilines is 1. The van der Waals surface area contributed by atoms with E-state index in [0.29, 0.717) is 22.2 Å². The fraction of sp³-hybridized carbons (Fsp3) is 0.207. The van der Waals surface area contributed by atoms with Crippen molar-refractivity contribution in [1.29, 1.82) is 0 Å². The molecule has 0 aliphatic carbocycles. The van der Waals surface area contributed by atoms with Crippen LogP contribution < -0.4 is 16.3 Å². The molecule has 1 aromatic heterocycles. The van der Waals surface area contributed by atoms with Crippen LogP contribution in [0.15, 0.2) is 88.4 Å². The summed E-state index contributed by atoms with van der Waals surface area (Å²) < 4.78 is 5.91. The largest absolute Gasteiger partial charge is 0.508 e. The van der Waals surface area contributed by atoms with Crippen molar-refractivity contribution >= 4 is 28.5 Å². The van der Waals surface area contributed by atoms with E-state index in [9.17, 15) is 14.7 Å². The maximum atomic E-state index is 13.2. The molecule has 0 unspecified atom stereocenters. The molecule has 3 aromatic carbocycles. The molecular weight excluding hydrogens is 454 g/mol. The van der Waals surface area contributed by atoms with E-state index in [4.69, 9.17) is 4.42 Å². The molecule has 0 aliphatic rings. The van der Waals surface area contributed by atoms with Crippen LogP contribution in [-0.2, 0) is 6.42 Å². The number of nitrogens with zero attached hydrogens (tertiary/aromatic N) is 1. The summed E-state index contributed by atoms with van der Waals surface area (Å²) in [6.07, 6.45) is 5.06. The summed E-state index contributed by atoms with van der Waals surface area (Å²) in [5.74, 6) is -0.744. The van der Waals surface area contributed by atoms with Crippen molar-refractivity contribution in [3.8, 4) is 5.75 Å². The van der Waals surface area contributed by atoms with Crippen LogP contribution in [-0.4, -0.2) is 16.9 Å². The van der Waals surface area contributed by atoms with Crippen molar-refractivity contribution in [2.24, 2.45) is 5.10 Å². The molecule has 2 amide bonds. The highest BCUT2D eigenvalue weighted by Gasteiger charge is 2.15. The molecule has 7 heteroatoms. The first-order valence-electron chi connectivity index (χ1n) is 12.1. The first-order valence-corrected chi connectivity index (χ1v) is 12.1. The van der Waals surface area contributed by atoms with Crippen LogP contribution in [0.3, 0.4) is 0 Å². The number of hydrogen-bond acceptors (Lipinski definition) is 5. The summed E-state index contributed by atoms with van der Waals surface area (Å²) in [5, 5.41) is 18.2. The first-order chi connectivity index (χ1) is 17.5. The molecule has 0 spiro atoms. The summed E-state index contributed by atoms with van der Waals surface area (Å²) in [5.41, 5.74) is 4.72. The van der Waals surface area contributed by atoms with Gasteiger partial charge in [-0.1, -0.05) is 62.6 Å². The Labute approximate surface area is 209 Å². The molecule has 4 rings (SSSR count). The highest BCUT2D eigenvalue weighted by atomic mass is 16.3. The Kier molecular flexibility index (Phi) is 8.13. The summed E-state index contributed by atoms with van der Waals surface area (Å²) in [7, 11) is 0. The lowest BCUT2D eigenvalue weighted by Crippen LogP contribution is -2.26. The number of amides is 2. The van der Waals surface area contributed by atoms with Gasteiger partial charge < -0.3 is 14.8 Å². The first kappa shape index (κ1) is 24.7. The van der Waals surface area contributed by atoms with Gasteiger partial charge in [0.15, 0.2) is 0 Å². The minimum Gasteiger partial charge on any atom is -0.508 e. The van der Waals surface area contributed by atoms with Crippen LogP contribution in [0, 0.1) is 0 Å². The van der Waals surface area contributed by atoms with Crippen molar-refractivity contribution in [1.82, 2.24) is 5.43 Å². The predicted octanol–water partition coefficient (Wildman–Crippen LogP) is 5.76. The number of nitrogens with one attached hydrogen (secondary N) is 2. The molecule has 0 atom stereocenters. The van der Waals surface area contributed by atoms with Gasteiger partial charge in [0.25, 0.3) is 11.8 Å². The van der Waals surface area contributed by atoms with E-state index in [1.165, 1.54) is 6.07 Å². The molecule has 0 bridgehead atoms. The van der Waals surface area contributed by atoms with E-state index < -0.39 is 11.8 Å². The van der Waals surface area contributed by atoms with E-state index in [-0.39, 0.29) is 16.9 Å². The number of aryl methyl sites for hydroxylation is 1. The number of para-hydroxylation sites is 1. The normalized spacial score (nSPS) is 11.4. The lowest BCUT2D eigenvalue weighted by atomic mass is 10.0. The number of unbranched alkanes of at least 4 members (excludes halogenated alkanes) is 3. The Bertz CT molecular complexity index is 1410. The molecular formula is C29H29N3O4. The van der Waals surface area contributed by atoms with Crippen LogP contribution in [0.1, 0.15) is 58.9 Å². The van der Waals surface area contributed by atoms with Crippen LogP contribution >= 0.6 is 0 Å². The van der Waals surface area contributed by atoms with Gasteiger partial charge in [-0.2, -0.15) is 0 Å². The number of carbonyl (C=O) groups excluding carboxylic acids is 2. The minimum atomic E-state index is -0.439. The van der Waals surface area contributed by atoms with E-state index in [1.54, 1.807) is 42.5 Å². The molecule has 36 heavy (non-hydrogen) atoms. The van der Waals surface area contributed by atoms with Crippen molar-refractivity contribution in [3.05, 3.63) is 101 Å². The second-order valence-electron chi connectivity index (χ2n) is 8.53. The molecule has 184 valence electrons. The Morgan fingerprint density at radius 2 is 1.61 bits per heavy atom. The third-order valence-corrected chi connectivity index (χ3v) is 5.82. The third kappa shape index (κ3) is 6.18. The van der Waals surface area contributed by atoms with Gasteiger partial charge in [0.2, 0.25) is 5.55 Å². The van der Waals surface area contributed by atoms with E-state index in [1.807, 2.05) is 30.3 Å². The summed E-state index contributed by atoms with van der Waals surface area (Å²) in [6.45, 7) is 2.15. The van der Waals surface area contributed by atoms with Crippen molar-refractivity contribution in [3.63, 3.8) is 0 Å². The van der Waals surface area contributed by atoms with Gasteiger partial charge in [-0.3, -0.25) is 9.59 Å². The van der Waals surface area contributed by atoms with Crippen LogP contribution in [0.2, 0.25) is 0 Å². The number of phenolic OH excluding ortho intramolecular Hbond substituents is 1. The molecule has 1 heterocycles. The van der Waals surface area contributed by atoms with E-state index in [0.717, 1.165) is 37.7 Å². The quantitative estimate of drug-likeness (QED) is 0.208. The summed E-state index contributed by atoms with van der Waals surface area (Å²) in [4.78, 5) is 25.7. The Balaban J connectivity index is 1.71. The van der Waals surface area contributed by atoms with Gasteiger partial charge >= 0.3 is 0 Å². The third-order valence-electron chi connectivity index (χ3n) is 5.82. The second kappa shape index (κ2) is 11.8. The molecule has 3 N–H and O–H groups in total. The standard InChI is InChI=1S/C29H29N3O4/c1-2-3-4-7-14-21-17-22-18-24(28(35)30-23-15-10-6-11-16-23)29(36-26(22)19-25(21)33)32-31-27(34)20-12-8-5-9-13-20/h5-6,8-13,15-19,33H,2-4,7,14H2,1H3,(H,30,35)(H,31,34). The number of benzene rings is 3. The van der Waals surface area contributed by atoms with Crippen LogP contribution in [0.25, 0.3) is 11.0 Å². The average molecular weight is 484 g/mol. The van der Waals surface area contributed by atoms with Gasteiger partial charge in [0, 0.05) is 22.7 Å². The lowest BCUT2D eigenvalue weighted by Gasteiger charge is -2.10. The number of carbonyl (C=O) groups is 2. The predicted molar refractivity (Wildman–Crippen MR) is 140 cm³/mol. The Hall–Kier alpha value is -4.39. The fourth-order valence-electron chi connectivity index (χ4n) is 3.87. The smallest absolute Gasteiger partial charge is 0.271 e. The monoisotopic (exact) mass is 483 g/mol. The maximum Gasteiger partial charge on any atom is 0.271 e. The van der Waals surface area contributed by atoms with E-state index in [2.05, 4.69) is 22.8 Å². The second-order valence-corrected chi connectivity index (χ2v) is 8.53. The van der Waals surface area contributed by atoms with Gasteiger partial charge in [0.05, 0.1) is 0 Å². The minimum absolute atomic E-state index is 0.0738. The lowest BCUT2D eigenvalue weighted by molar-refractivity contribution is 0.0948. The number of fused-ring (bicyclic) bond motifs is 1. The summed E-state index contributed by atoms with van der Waals surface area (Å²) >= 11 is 0. The van der Waals surface area contributed by atoms with Gasteiger partial charge in [-0.05, 0) is 54.8 Å². The number of rotatable bonds is 9.